The first-order valence-electron chi connectivity index (χ1n) is 9.02. The Hall–Kier alpha value is -3.45. The summed E-state index contributed by atoms with van der Waals surface area (Å²) >= 11 is 0. The maximum atomic E-state index is 12.8. The first-order valence-corrected chi connectivity index (χ1v) is 10.5. The van der Waals surface area contributed by atoms with E-state index in [0.717, 1.165) is 11.1 Å². The number of anilines is 1. The lowest BCUT2D eigenvalue weighted by molar-refractivity contribution is 0.462. The van der Waals surface area contributed by atoms with Crippen LogP contribution in [0.3, 0.4) is 0 Å². The molecule has 1 N–H and O–H groups in total. The Morgan fingerprint density at radius 2 is 1.48 bits per heavy atom. The number of benzene rings is 3. The van der Waals surface area contributed by atoms with E-state index in [4.69, 9.17) is 4.74 Å². The average molecular weight is 405 g/mol. The zero-order chi connectivity index (χ0) is 20.4. The fraction of sp³-hybridized carbons (Fsp3) is 0.0909. The Morgan fingerprint density at radius 1 is 0.828 bits per heavy atom. The number of fused-ring (bicyclic) bond motifs is 1. The second-order valence-electron chi connectivity index (χ2n) is 6.66. The van der Waals surface area contributed by atoms with E-state index >= 15 is 0 Å². The van der Waals surface area contributed by atoms with Crippen LogP contribution in [0, 0.1) is 13.8 Å². The van der Waals surface area contributed by atoms with Gasteiger partial charge in [-0.25, -0.2) is 18.4 Å². The summed E-state index contributed by atoms with van der Waals surface area (Å²) in [7, 11) is -3.85. The zero-order valence-electron chi connectivity index (χ0n) is 16.0. The summed E-state index contributed by atoms with van der Waals surface area (Å²) in [6, 6.07) is 21.1. The van der Waals surface area contributed by atoms with Crippen molar-refractivity contribution in [3.8, 4) is 11.6 Å². The standard InChI is InChI=1S/C22H19N3O3S/c1-15-12-13-20(16(2)14-15)28-22-21(23-18-10-6-7-11-19(18)24-22)25-29(26,27)17-8-4-3-5-9-17/h3-14H,1-2H3,(H,23,25). The van der Waals surface area contributed by atoms with Gasteiger partial charge in [-0.2, -0.15) is 0 Å². The summed E-state index contributed by atoms with van der Waals surface area (Å²) in [5, 5.41) is 0. The van der Waals surface area contributed by atoms with Gasteiger partial charge in [0.2, 0.25) is 5.82 Å². The van der Waals surface area contributed by atoms with Crippen molar-refractivity contribution in [1.82, 2.24) is 9.97 Å². The molecule has 1 aromatic heterocycles. The Labute approximate surface area is 169 Å². The second-order valence-corrected chi connectivity index (χ2v) is 8.34. The number of para-hydroxylation sites is 2. The minimum Gasteiger partial charge on any atom is -0.436 e. The predicted octanol–water partition coefficient (Wildman–Crippen LogP) is 4.84. The quantitative estimate of drug-likeness (QED) is 0.514. The van der Waals surface area contributed by atoms with Crippen LogP contribution in [0.1, 0.15) is 11.1 Å². The average Bonchev–Trinajstić information content (AvgIpc) is 2.71. The molecule has 0 spiro atoms. The number of hydrogen-bond acceptors (Lipinski definition) is 5. The fourth-order valence-electron chi connectivity index (χ4n) is 2.93. The summed E-state index contributed by atoms with van der Waals surface area (Å²) in [5.74, 6) is 0.711. The molecular formula is C22H19N3O3S. The van der Waals surface area contributed by atoms with E-state index in [1.54, 1.807) is 30.3 Å². The second kappa shape index (κ2) is 7.52. The number of nitrogens with one attached hydrogen (secondary N) is 1. The predicted molar refractivity (Wildman–Crippen MR) is 113 cm³/mol. The number of hydrogen-bond donors (Lipinski definition) is 1. The van der Waals surface area contributed by atoms with E-state index < -0.39 is 10.0 Å². The van der Waals surface area contributed by atoms with Gasteiger partial charge >= 0.3 is 0 Å². The lowest BCUT2D eigenvalue weighted by atomic mass is 10.1. The van der Waals surface area contributed by atoms with Crippen molar-refractivity contribution in [1.29, 1.82) is 0 Å². The van der Waals surface area contributed by atoms with Crippen LogP contribution < -0.4 is 9.46 Å². The SMILES string of the molecule is Cc1ccc(Oc2nc3ccccc3nc2NS(=O)(=O)c2ccccc2)c(C)c1. The molecule has 0 unspecified atom stereocenters. The van der Waals surface area contributed by atoms with E-state index in [-0.39, 0.29) is 16.6 Å². The third-order valence-corrected chi connectivity index (χ3v) is 5.72. The topological polar surface area (TPSA) is 81.2 Å². The molecule has 6 nitrogen and oxygen atoms in total. The summed E-state index contributed by atoms with van der Waals surface area (Å²) in [6.45, 7) is 3.91. The number of sulfonamides is 1. The number of aromatic nitrogens is 2. The van der Waals surface area contributed by atoms with Gasteiger partial charge in [-0.1, -0.05) is 48.0 Å². The van der Waals surface area contributed by atoms with Gasteiger partial charge in [-0.15, -0.1) is 0 Å². The molecule has 29 heavy (non-hydrogen) atoms. The highest BCUT2D eigenvalue weighted by molar-refractivity contribution is 7.92. The maximum Gasteiger partial charge on any atom is 0.264 e. The van der Waals surface area contributed by atoms with Crippen LogP contribution in [0.4, 0.5) is 5.82 Å². The van der Waals surface area contributed by atoms with Crippen LogP contribution >= 0.6 is 0 Å². The smallest absolute Gasteiger partial charge is 0.264 e. The molecule has 0 amide bonds. The van der Waals surface area contributed by atoms with Gasteiger partial charge in [-0.3, -0.25) is 4.72 Å². The summed E-state index contributed by atoms with van der Waals surface area (Å²) in [5.41, 5.74) is 3.18. The number of rotatable bonds is 5. The van der Waals surface area contributed by atoms with Crippen LogP contribution in [-0.4, -0.2) is 18.4 Å². The normalized spacial score (nSPS) is 11.4. The van der Waals surface area contributed by atoms with Crippen LogP contribution in [0.15, 0.2) is 77.7 Å². The van der Waals surface area contributed by atoms with Gasteiger partial charge in [0.15, 0.2) is 0 Å². The summed E-state index contributed by atoms with van der Waals surface area (Å²) in [6.07, 6.45) is 0. The van der Waals surface area contributed by atoms with E-state index in [0.29, 0.717) is 16.8 Å². The molecule has 0 saturated carbocycles. The highest BCUT2D eigenvalue weighted by Gasteiger charge is 2.20. The number of ether oxygens (including phenoxy) is 1. The largest absolute Gasteiger partial charge is 0.436 e. The van der Waals surface area contributed by atoms with E-state index in [1.807, 2.05) is 44.2 Å². The Balaban J connectivity index is 1.80. The minimum absolute atomic E-state index is 0.0347. The molecule has 0 bridgehead atoms. The molecule has 4 rings (SSSR count). The molecule has 0 aliphatic carbocycles. The number of aryl methyl sites for hydroxylation is 2. The van der Waals surface area contributed by atoms with E-state index in [2.05, 4.69) is 14.7 Å². The van der Waals surface area contributed by atoms with Crippen LogP contribution in [0.5, 0.6) is 11.6 Å². The van der Waals surface area contributed by atoms with Crippen LogP contribution in [-0.2, 0) is 10.0 Å². The molecule has 0 radical (unpaired) electrons. The Kier molecular flexibility index (Phi) is 4.90. The zero-order valence-corrected chi connectivity index (χ0v) is 16.8. The van der Waals surface area contributed by atoms with E-state index in [9.17, 15) is 8.42 Å². The molecular weight excluding hydrogens is 386 g/mol. The highest BCUT2D eigenvalue weighted by Crippen LogP contribution is 2.31. The van der Waals surface area contributed by atoms with Gasteiger partial charge in [-0.05, 0) is 49.7 Å². The van der Waals surface area contributed by atoms with Crippen LogP contribution in [0.2, 0.25) is 0 Å². The van der Waals surface area contributed by atoms with Gasteiger partial charge < -0.3 is 4.74 Å². The Morgan fingerprint density at radius 3 is 2.17 bits per heavy atom. The third-order valence-electron chi connectivity index (χ3n) is 4.36. The maximum absolute atomic E-state index is 12.8. The fourth-order valence-corrected chi connectivity index (χ4v) is 3.95. The summed E-state index contributed by atoms with van der Waals surface area (Å²) in [4.78, 5) is 9.08. The molecule has 7 heteroatoms. The van der Waals surface area contributed by atoms with Crippen LogP contribution in [0.25, 0.3) is 11.0 Å². The van der Waals surface area contributed by atoms with Gasteiger partial charge in [0.1, 0.15) is 5.75 Å². The lowest BCUT2D eigenvalue weighted by Gasteiger charge is -2.14. The molecule has 146 valence electrons. The monoisotopic (exact) mass is 405 g/mol. The van der Waals surface area contributed by atoms with E-state index in [1.165, 1.54) is 12.1 Å². The van der Waals surface area contributed by atoms with Gasteiger partial charge in [0, 0.05) is 0 Å². The van der Waals surface area contributed by atoms with Crippen molar-refractivity contribution in [3.63, 3.8) is 0 Å². The minimum atomic E-state index is -3.85. The molecule has 4 aromatic rings. The summed E-state index contributed by atoms with van der Waals surface area (Å²) < 4.78 is 34.1. The van der Waals surface area contributed by atoms with Crippen molar-refractivity contribution in [2.24, 2.45) is 0 Å². The van der Waals surface area contributed by atoms with Crippen molar-refractivity contribution in [3.05, 3.63) is 83.9 Å². The first-order chi connectivity index (χ1) is 13.9. The molecule has 0 atom stereocenters. The highest BCUT2D eigenvalue weighted by atomic mass is 32.2. The van der Waals surface area contributed by atoms with Gasteiger partial charge in [0.05, 0.1) is 15.9 Å². The lowest BCUT2D eigenvalue weighted by Crippen LogP contribution is -2.15. The van der Waals surface area contributed by atoms with Crippen molar-refractivity contribution in [2.75, 3.05) is 4.72 Å². The van der Waals surface area contributed by atoms with Crippen molar-refractivity contribution in [2.45, 2.75) is 18.7 Å². The molecule has 0 aliphatic rings. The number of nitrogens with zero attached hydrogens (tertiary/aromatic N) is 2. The Bertz CT molecular complexity index is 1290. The molecule has 3 aromatic carbocycles. The first kappa shape index (κ1) is 18.9. The molecule has 0 aliphatic heterocycles. The van der Waals surface area contributed by atoms with Crippen molar-refractivity contribution >= 4 is 26.9 Å². The third kappa shape index (κ3) is 4.05. The molecule has 0 saturated heterocycles. The van der Waals surface area contributed by atoms with Gasteiger partial charge in [0.25, 0.3) is 15.9 Å². The van der Waals surface area contributed by atoms with Crippen molar-refractivity contribution < 1.29 is 13.2 Å². The molecule has 1 heterocycles. The molecule has 0 fully saturated rings.